The van der Waals surface area contributed by atoms with Gasteiger partial charge in [-0.15, -0.1) is 23.2 Å². The molecule has 2 rings (SSSR count). The van der Waals surface area contributed by atoms with E-state index in [2.05, 4.69) is 5.16 Å². The Labute approximate surface area is 79.8 Å². The lowest BCUT2D eigenvalue weighted by Crippen LogP contribution is -2.08. The Morgan fingerprint density at radius 2 is 2.25 bits per heavy atom. The van der Waals surface area contributed by atoms with E-state index in [1.807, 2.05) is 6.92 Å². The molecule has 0 amide bonds. The highest BCUT2D eigenvalue weighted by molar-refractivity contribution is 6.52. The molecule has 66 valence electrons. The first kappa shape index (κ1) is 8.20. The number of anilines is 1. The summed E-state index contributed by atoms with van der Waals surface area (Å²) in [6.07, 6.45) is 0.678. The lowest BCUT2D eigenvalue weighted by Gasteiger charge is -2.05. The highest BCUT2D eigenvalue weighted by Crippen LogP contribution is 2.64. The van der Waals surface area contributed by atoms with Gasteiger partial charge in [-0.2, -0.15) is 0 Å². The van der Waals surface area contributed by atoms with Gasteiger partial charge in [-0.05, 0) is 13.3 Å². The van der Waals surface area contributed by atoms with Crippen LogP contribution >= 0.6 is 23.2 Å². The minimum Gasteiger partial charge on any atom is -0.381 e. The number of alkyl halides is 2. The molecule has 5 heteroatoms. The first-order valence-corrected chi connectivity index (χ1v) is 4.32. The van der Waals surface area contributed by atoms with Crippen LogP contribution < -0.4 is 5.73 Å². The van der Waals surface area contributed by atoms with Gasteiger partial charge in [-0.1, -0.05) is 5.16 Å². The number of nitrogen functional groups attached to an aromatic ring is 1. The van der Waals surface area contributed by atoms with E-state index in [-0.39, 0.29) is 5.41 Å². The fraction of sp³-hybridized carbons (Fsp3) is 0.571. The first-order chi connectivity index (χ1) is 5.46. The molecular formula is C7H8Cl2N2O. The molecule has 1 atom stereocenters. The van der Waals surface area contributed by atoms with Gasteiger partial charge in [0.05, 0.1) is 5.41 Å². The van der Waals surface area contributed by atoms with Crippen LogP contribution in [0.2, 0.25) is 0 Å². The molecule has 1 heterocycles. The predicted molar refractivity (Wildman–Crippen MR) is 47.3 cm³/mol. The lowest BCUT2D eigenvalue weighted by molar-refractivity contribution is 0.361. The summed E-state index contributed by atoms with van der Waals surface area (Å²) in [5.41, 5.74) is 5.08. The summed E-state index contributed by atoms with van der Waals surface area (Å²) < 4.78 is 4.26. The molecule has 1 saturated carbocycles. The van der Waals surface area contributed by atoms with Gasteiger partial charge < -0.3 is 10.3 Å². The molecule has 0 radical (unpaired) electrons. The normalized spacial score (nSPS) is 31.9. The first-order valence-electron chi connectivity index (χ1n) is 3.56. The number of halogens is 2. The quantitative estimate of drug-likeness (QED) is 0.717. The number of rotatable bonds is 1. The van der Waals surface area contributed by atoms with E-state index in [0.717, 1.165) is 0 Å². The van der Waals surface area contributed by atoms with Crippen LogP contribution in [0.3, 0.4) is 0 Å². The second-order valence-electron chi connectivity index (χ2n) is 3.33. The van der Waals surface area contributed by atoms with Crippen molar-refractivity contribution in [1.82, 2.24) is 5.16 Å². The second kappa shape index (κ2) is 2.09. The SMILES string of the molecule is CC1(c2cc(N)no2)CC1(Cl)Cl. The van der Waals surface area contributed by atoms with E-state index in [0.29, 0.717) is 18.0 Å². The Morgan fingerprint density at radius 1 is 1.67 bits per heavy atom. The Bertz CT molecular complexity index is 323. The van der Waals surface area contributed by atoms with Crippen LogP contribution in [0, 0.1) is 0 Å². The minimum atomic E-state index is -0.723. The van der Waals surface area contributed by atoms with Crippen molar-refractivity contribution < 1.29 is 4.52 Å². The molecule has 0 bridgehead atoms. The molecule has 0 aliphatic heterocycles. The van der Waals surface area contributed by atoms with Crippen molar-refractivity contribution >= 4 is 29.0 Å². The third-order valence-corrected chi connectivity index (χ3v) is 3.43. The van der Waals surface area contributed by atoms with Crippen molar-refractivity contribution in [2.24, 2.45) is 0 Å². The van der Waals surface area contributed by atoms with Gasteiger partial charge in [0.25, 0.3) is 0 Å². The summed E-state index contributed by atoms with van der Waals surface area (Å²) in [6.45, 7) is 1.92. The van der Waals surface area contributed by atoms with Crippen molar-refractivity contribution in [3.63, 3.8) is 0 Å². The Balaban J connectivity index is 2.34. The fourth-order valence-electron chi connectivity index (χ4n) is 1.22. The smallest absolute Gasteiger partial charge is 0.167 e. The molecule has 1 aromatic heterocycles. The van der Waals surface area contributed by atoms with Crippen molar-refractivity contribution in [2.75, 3.05) is 5.73 Å². The van der Waals surface area contributed by atoms with Gasteiger partial charge in [0.1, 0.15) is 10.1 Å². The van der Waals surface area contributed by atoms with E-state index in [1.54, 1.807) is 6.07 Å². The average Bonchev–Trinajstić information content (AvgIpc) is 2.37. The summed E-state index contributed by atoms with van der Waals surface area (Å²) in [6, 6.07) is 1.66. The highest BCUT2D eigenvalue weighted by atomic mass is 35.5. The van der Waals surface area contributed by atoms with Crippen molar-refractivity contribution in [3.8, 4) is 0 Å². The van der Waals surface area contributed by atoms with Crippen LogP contribution in [0.25, 0.3) is 0 Å². The standard InChI is InChI=1S/C7H8Cl2N2O/c1-6(3-7(6,8)9)4-2-5(10)11-12-4/h2H,3H2,1H3,(H2,10,11). The molecule has 2 N–H and O–H groups in total. The summed E-state index contributed by atoms with van der Waals surface area (Å²) in [5.74, 6) is 1.02. The fourth-order valence-corrected chi connectivity index (χ4v) is 1.94. The van der Waals surface area contributed by atoms with Crippen LogP contribution in [0.5, 0.6) is 0 Å². The number of aromatic nitrogens is 1. The van der Waals surface area contributed by atoms with E-state index in [4.69, 9.17) is 33.5 Å². The van der Waals surface area contributed by atoms with Gasteiger partial charge in [0, 0.05) is 6.07 Å². The van der Waals surface area contributed by atoms with Crippen LogP contribution in [0.15, 0.2) is 10.6 Å². The molecule has 1 unspecified atom stereocenters. The predicted octanol–water partition coefficient (Wildman–Crippen LogP) is 2.09. The minimum absolute atomic E-state index is 0.319. The number of hydrogen-bond donors (Lipinski definition) is 1. The van der Waals surface area contributed by atoms with Gasteiger partial charge in [-0.3, -0.25) is 0 Å². The topological polar surface area (TPSA) is 52.0 Å². The molecule has 0 saturated heterocycles. The zero-order valence-electron chi connectivity index (χ0n) is 6.47. The average molecular weight is 207 g/mol. The third kappa shape index (κ3) is 0.930. The monoisotopic (exact) mass is 206 g/mol. The van der Waals surface area contributed by atoms with E-state index >= 15 is 0 Å². The maximum Gasteiger partial charge on any atom is 0.167 e. The molecule has 1 aliphatic carbocycles. The van der Waals surface area contributed by atoms with Crippen LogP contribution in [-0.4, -0.2) is 9.49 Å². The van der Waals surface area contributed by atoms with E-state index in [9.17, 15) is 0 Å². The van der Waals surface area contributed by atoms with Crippen molar-refractivity contribution in [1.29, 1.82) is 0 Å². The third-order valence-electron chi connectivity index (χ3n) is 2.33. The van der Waals surface area contributed by atoms with Crippen molar-refractivity contribution in [3.05, 3.63) is 11.8 Å². The van der Waals surface area contributed by atoms with Crippen LogP contribution in [0.4, 0.5) is 5.82 Å². The number of hydrogen-bond acceptors (Lipinski definition) is 3. The Morgan fingerprint density at radius 3 is 2.58 bits per heavy atom. The van der Waals surface area contributed by atoms with Crippen LogP contribution in [0.1, 0.15) is 19.1 Å². The van der Waals surface area contributed by atoms with Gasteiger partial charge >= 0.3 is 0 Å². The van der Waals surface area contributed by atoms with Gasteiger partial charge in [0.2, 0.25) is 0 Å². The molecule has 3 nitrogen and oxygen atoms in total. The van der Waals surface area contributed by atoms with E-state index < -0.39 is 4.33 Å². The lowest BCUT2D eigenvalue weighted by atomic mass is 10.1. The molecule has 0 aromatic carbocycles. The summed E-state index contributed by atoms with van der Waals surface area (Å²) in [5, 5.41) is 3.57. The molecule has 12 heavy (non-hydrogen) atoms. The molecule has 1 fully saturated rings. The molecule has 0 spiro atoms. The Kier molecular flexibility index (Phi) is 1.43. The van der Waals surface area contributed by atoms with Gasteiger partial charge in [-0.25, -0.2) is 0 Å². The van der Waals surface area contributed by atoms with Crippen molar-refractivity contribution in [2.45, 2.75) is 23.1 Å². The number of nitrogens with two attached hydrogens (primary N) is 1. The Hall–Kier alpha value is -0.410. The van der Waals surface area contributed by atoms with Gasteiger partial charge in [0.15, 0.2) is 5.82 Å². The maximum atomic E-state index is 5.93. The maximum absolute atomic E-state index is 5.93. The van der Waals surface area contributed by atoms with E-state index in [1.165, 1.54) is 0 Å². The zero-order valence-corrected chi connectivity index (χ0v) is 7.99. The summed E-state index contributed by atoms with van der Waals surface area (Å²) >= 11 is 11.9. The molecule has 1 aliphatic rings. The van der Waals surface area contributed by atoms with Crippen LogP contribution in [-0.2, 0) is 5.41 Å². The molecular weight excluding hydrogens is 199 g/mol. The summed E-state index contributed by atoms with van der Waals surface area (Å²) in [4.78, 5) is 0. The zero-order chi connectivity index (χ0) is 8.98. The number of nitrogens with zero attached hydrogens (tertiary/aromatic N) is 1. The highest BCUT2D eigenvalue weighted by Gasteiger charge is 2.66. The molecule has 1 aromatic rings. The largest absolute Gasteiger partial charge is 0.381 e. The summed E-state index contributed by atoms with van der Waals surface area (Å²) in [7, 11) is 0. The second-order valence-corrected chi connectivity index (χ2v) is 4.81.